The minimum atomic E-state index is 0.345. The summed E-state index contributed by atoms with van der Waals surface area (Å²) in [6.45, 7) is 5.16. The molecule has 102 valence electrons. The molecule has 2 aromatic heterocycles. The molecule has 0 atom stereocenters. The zero-order valence-electron chi connectivity index (χ0n) is 11.4. The fourth-order valence-electron chi connectivity index (χ4n) is 1.62. The molecule has 0 unspecified atom stereocenters. The van der Waals surface area contributed by atoms with Crippen molar-refractivity contribution in [2.24, 2.45) is 7.05 Å². The van der Waals surface area contributed by atoms with E-state index in [9.17, 15) is 0 Å². The zero-order valence-corrected chi connectivity index (χ0v) is 11.4. The highest BCUT2D eigenvalue weighted by atomic mass is 16.5. The van der Waals surface area contributed by atoms with Crippen LogP contribution in [0.3, 0.4) is 0 Å². The predicted molar refractivity (Wildman–Crippen MR) is 71.2 cm³/mol. The fraction of sp³-hybridized carbons (Fsp3) is 0.500. The van der Waals surface area contributed by atoms with E-state index in [1.54, 1.807) is 6.20 Å². The Labute approximate surface area is 112 Å². The molecule has 0 fully saturated rings. The summed E-state index contributed by atoms with van der Waals surface area (Å²) < 4.78 is 7.30. The molecule has 19 heavy (non-hydrogen) atoms. The Bertz CT molecular complexity index is 515. The van der Waals surface area contributed by atoms with Crippen molar-refractivity contribution in [3.05, 3.63) is 24.0 Å². The minimum absolute atomic E-state index is 0.345. The van der Waals surface area contributed by atoms with Crippen molar-refractivity contribution < 1.29 is 4.74 Å². The molecule has 0 saturated carbocycles. The molecule has 0 aliphatic rings. The lowest BCUT2D eigenvalue weighted by molar-refractivity contribution is 0.310. The molecule has 0 amide bonds. The van der Waals surface area contributed by atoms with Gasteiger partial charge in [0.2, 0.25) is 5.95 Å². The summed E-state index contributed by atoms with van der Waals surface area (Å²) in [4.78, 5) is 17.1. The van der Waals surface area contributed by atoms with E-state index in [1.807, 2.05) is 31.7 Å². The molecule has 0 aliphatic heterocycles. The summed E-state index contributed by atoms with van der Waals surface area (Å²) in [5.74, 6) is 2.07. The molecule has 1 N–H and O–H groups in total. The number of nitrogens with one attached hydrogen (secondary N) is 1. The van der Waals surface area contributed by atoms with Crippen molar-refractivity contribution in [3.8, 4) is 6.01 Å². The molecule has 0 aliphatic carbocycles. The van der Waals surface area contributed by atoms with Crippen molar-refractivity contribution in [1.29, 1.82) is 0 Å². The van der Waals surface area contributed by atoms with Crippen LogP contribution in [0.2, 0.25) is 0 Å². The minimum Gasteiger partial charge on any atom is -0.464 e. The van der Waals surface area contributed by atoms with Crippen molar-refractivity contribution in [3.63, 3.8) is 0 Å². The van der Waals surface area contributed by atoms with Crippen molar-refractivity contribution >= 4 is 5.95 Å². The summed E-state index contributed by atoms with van der Waals surface area (Å²) in [5, 5.41) is 3.07. The fourth-order valence-corrected chi connectivity index (χ4v) is 1.62. The summed E-state index contributed by atoms with van der Waals surface area (Å²) in [5.41, 5.74) is 0. The van der Waals surface area contributed by atoms with Gasteiger partial charge in [0, 0.05) is 26.0 Å². The SMILES string of the molecule is CCNc1nc(Cc2nccn2C)nc(OCC)n1. The van der Waals surface area contributed by atoms with Crippen LogP contribution in [0.5, 0.6) is 6.01 Å². The monoisotopic (exact) mass is 262 g/mol. The van der Waals surface area contributed by atoms with Crippen LogP contribution in [-0.2, 0) is 13.5 Å². The Morgan fingerprint density at radius 3 is 2.74 bits per heavy atom. The lowest BCUT2D eigenvalue weighted by Gasteiger charge is -2.07. The van der Waals surface area contributed by atoms with E-state index in [0.717, 1.165) is 12.4 Å². The van der Waals surface area contributed by atoms with E-state index < -0.39 is 0 Å². The lowest BCUT2D eigenvalue weighted by atomic mass is 10.4. The topological polar surface area (TPSA) is 77.8 Å². The van der Waals surface area contributed by atoms with Crippen LogP contribution >= 0.6 is 0 Å². The number of ether oxygens (including phenoxy) is 1. The van der Waals surface area contributed by atoms with E-state index in [2.05, 4.69) is 25.3 Å². The molecular weight excluding hydrogens is 244 g/mol. The van der Waals surface area contributed by atoms with Gasteiger partial charge in [-0.1, -0.05) is 0 Å². The van der Waals surface area contributed by atoms with Crippen LogP contribution in [0.25, 0.3) is 0 Å². The summed E-state index contributed by atoms with van der Waals surface area (Å²) in [6.07, 6.45) is 4.20. The van der Waals surface area contributed by atoms with E-state index in [4.69, 9.17) is 4.74 Å². The van der Waals surface area contributed by atoms with Gasteiger partial charge in [0.05, 0.1) is 13.0 Å². The zero-order chi connectivity index (χ0) is 13.7. The van der Waals surface area contributed by atoms with Crippen LogP contribution in [0, 0.1) is 0 Å². The first-order chi connectivity index (χ1) is 9.22. The first-order valence-electron chi connectivity index (χ1n) is 6.30. The first kappa shape index (κ1) is 13.3. The van der Waals surface area contributed by atoms with Gasteiger partial charge in [-0.2, -0.15) is 15.0 Å². The van der Waals surface area contributed by atoms with E-state index in [0.29, 0.717) is 30.8 Å². The van der Waals surface area contributed by atoms with Crippen LogP contribution in [-0.4, -0.2) is 37.7 Å². The third-order valence-corrected chi connectivity index (χ3v) is 2.51. The molecule has 2 aromatic rings. The van der Waals surface area contributed by atoms with Gasteiger partial charge in [0.25, 0.3) is 0 Å². The highest BCUT2D eigenvalue weighted by Crippen LogP contribution is 2.10. The third kappa shape index (κ3) is 3.40. The maximum absolute atomic E-state index is 5.35. The summed E-state index contributed by atoms with van der Waals surface area (Å²) in [7, 11) is 1.94. The maximum Gasteiger partial charge on any atom is 0.321 e. The molecule has 0 aromatic carbocycles. The summed E-state index contributed by atoms with van der Waals surface area (Å²) >= 11 is 0. The van der Waals surface area contributed by atoms with Gasteiger partial charge in [0.15, 0.2) is 0 Å². The molecule has 2 rings (SSSR count). The van der Waals surface area contributed by atoms with Crippen LogP contribution in [0.4, 0.5) is 5.95 Å². The Morgan fingerprint density at radius 1 is 1.26 bits per heavy atom. The Kier molecular flexibility index (Phi) is 4.27. The number of hydrogen-bond acceptors (Lipinski definition) is 6. The third-order valence-electron chi connectivity index (χ3n) is 2.51. The van der Waals surface area contributed by atoms with E-state index in [-0.39, 0.29) is 0 Å². The Hall–Kier alpha value is -2.18. The smallest absolute Gasteiger partial charge is 0.321 e. The van der Waals surface area contributed by atoms with Crippen LogP contribution in [0.1, 0.15) is 25.5 Å². The molecule has 0 saturated heterocycles. The van der Waals surface area contributed by atoms with Crippen molar-refractivity contribution in [2.45, 2.75) is 20.3 Å². The predicted octanol–water partition coefficient (Wildman–Crippen LogP) is 1.03. The normalized spacial score (nSPS) is 10.5. The quantitative estimate of drug-likeness (QED) is 0.837. The molecule has 7 nitrogen and oxygen atoms in total. The number of aryl methyl sites for hydroxylation is 1. The standard InChI is InChI=1S/C12H18N6O/c1-4-13-11-15-9(16-12(17-11)19-5-2)8-10-14-6-7-18(10)3/h6-7H,4-5,8H2,1-3H3,(H,13,15,16,17). The highest BCUT2D eigenvalue weighted by Gasteiger charge is 2.09. The number of anilines is 1. The van der Waals surface area contributed by atoms with E-state index >= 15 is 0 Å². The average Bonchev–Trinajstić information content (AvgIpc) is 2.76. The molecule has 0 radical (unpaired) electrons. The Balaban J connectivity index is 2.25. The van der Waals surface area contributed by atoms with Crippen molar-refractivity contribution in [2.75, 3.05) is 18.5 Å². The average molecular weight is 262 g/mol. The van der Waals surface area contributed by atoms with Gasteiger partial charge in [0.1, 0.15) is 11.6 Å². The molecule has 7 heteroatoms. The highest BCUT2D eigenvalue weighted by molar-refractivity contribution is 5.26. The van der Waals surface area contributed by atoms with Gasteiger partial charge in [-0.15, -0.1) is 0 Å². The molecular formula is C12H18N6O. The van der Waals surface area contributed by atoms with Gasteiger partial charge in [-0.05, 0) is 13.8 Å². The first-order valence-corrected chi connectivity index (χ1v) is 6.30. The number of nitrogens with zero attached hydrogens (tertiary/aromatic N) is 5. The molecule has 0 spiro atoms. The second-order valence-corrected chi connectivity index (χ2v) is 3.95. The van der Waals surface area contributed by atoms with Gasteiger partial charge >= 0.3 is 6.01 Å². The second-order valence-electron chi connectivity index (χ2n) is 3.95. The Morgan fingerprint density at radius 2 is 2.11 bits per heavy atom. The largest absolute Gasteiger partial charge is 0.464 e. The second kappa shape index (κ2) is 6.12. The van der Waals surface area contributed by atoms with Gasteiger partial charge < -0.3 is 14.6 Å². The van der Waals surface area contributed by atoms with Gasteiger partial charge in [-0.3, -0.25) is 0 Å². The number of rotatable bonds is 6. The number of hydrogen-bond donors (Lipinski definition) is 1. The summed E-state index contributed by atoms with van der Waals surface area (Å²) in [6, 6.07) is 0.345. The molecule has 2 heterocycles. The van der Waals surface area contributed by atoms with Crippen LogP contribution < -0.4 is 10.1 Å². The van der Waals surface area contributed by atoms with Gasteiger partial charge in [-0.25, -0.2) is 4.98 Å². The number of aromatic nitrogens is 5. The molecule has 0 bridgehead atoms. The van der Waals surface area contributed by atoms with Crippen LogP contribution in [0.15, 0.2) is 12.4 Å². The lowest BCUT2D eigenvalue weighted by Crippen LogP contribution is -2.10. The van der Waals surface area contributed by atoms with E-state index in [1.165, 1.54) is 0 Å². The number of imidazole rings is 1. The maximum atomic E-state index is 5.35. The van der Waals surface area contributed by atoms with Crippen molar-refractivity contribution in [1.82, 2.24) is 24.5 Å².